The molecule has 0 aliphatic heterocycles. The van der Waals surface area contributed by atoms with Crippen molar-refractivity contribution < 1.29 is 12.8 Å². The van der Waals surface area contributed by atoms with Gasteiger partial charge in [0.25, 0.3) is 10.0 Å². The second kappa shape index (κ2) is 5.19. The quantitative estimate of drug-likeness (QED) is 0.941. The third-order valence-corrected chi connectivity index (χ3v) is 4.46. The summed E-state index contributed by atoms with van der Waals surface area (Å²) in [6, 6.07) is 10.1. The third-order valence-electron chi connectivity index (χ3n) is 2.56. The van der Waals surface area contributed by atoms with Crippen LogP contribution in [0.3, 0.4) is 0 Å². The number of sulfonamides is 1. The molecule has 19 heavy (non-hydrogen) atoms. The first-order valence-corrected chi connectivity index (χ1v) is 7.30. The van der Waals surface area contributed by atoms with Crippen molar-refractivity contribution in [3.63, 3.8) is 0 Å². The Morgan fingerprint density at radius 1 is 1.11 bits per heavy atom. The lowest BCUT2D eigenvalue weighted by molar-refractivity contribution is 0.570. The van der Waals surface area contributed by atoms with Crippen LogP contribution in [0.5, 0.6) is 0 Å². The Bertz CT molecular complexity index is 716. The van der Waals surface area contributed by atoms with Crippen LogP contribution in [0.2, 0.25) is 5.02 Å². The van der Waals surface area contributed by atoms with Crippen molar-refractivity contribution in [2.24, 2.45) is 0 Å². The molecule has 2 aromatic carbocycles. The molecule has 0 spiro atoms. The molecule has 0 saturated carbocycles. The number of benzene rings is 2. The predicted molar refractivity (Wildman–Crippen MR) is 73.4 cm³/mol. The molecule has 3 nitrogen and oxygen atoms in total. The molecule has 0 aliphatic rings. The average Bonchev–Trinajstić information content (AvgIpc) is 2.35. The number of nitrogens with one attached hydrogen (secondary N) is 1. The van der Waals surface area contributed by atoms with Crippen LogP contribution in [-0.4, -0.2) is 8.42 Å². The normalized spacial score (nSPS) is 11.3. The summed E-state index contributed by atoms with van der Waals surface area (Å²) in [7, 11) is -3.99. The Kier molecular flexibility index (Phi) is 3.78. The van der Waals surface area contributed by atoms with Crippen molar-refractivity contribution >= 4 is 27.3 Å². The summed E-state index contributed by atoms with van der Waals surface area (Å²) in [5, 5.41) is 0.294. The molecule has 100 valence electrons. The number of hydrogen-bond donors (Lipinski definition) is 1. The van der Waals surface area contributed by atoms with Gasteiger partial charge in [0.05, 0.1) is 10.7 Å². The summed E-state index contributed by atoms with van der Waals surface area (Å²) < 4.78 is 40.0. The maximum atomic E-state index is 13.5. The fraction of sp³-hybridized carbons (Fsp3) is 0.0769. The predicted octanol–water partition coefficient (Wildman–Crippen LogP) is 3.59. The van der Waals surface area contributed by atoms with E-state index in [1.807, 2.05) is 0 Å². The zero-order valence-electron chi connectivity index (χ0n) is 10.0. The summed E-state index contributed by atoms with van der Waals surface area (Å²) in [4.78, 5) is -0.410. The van der Waals surface area contributed by atoms with Crippen LogP contribution >= 0.6 is 11.6 Å². The Hall–Kier alpha value is -1.59. The minimum absolute atomic E-state index is 0.227. The van der Waals surface area contributed by atoms with E-state index in [0.717, 1.165) is 11.6 Å². The summed E-state index contributed by atoms with van der Waals surface area (Å²) >= 11 is 6.01. The first kappa shape index (κ1) is 13.8. The molecule has 6 heteroatoms. The highest BCUT2D eigenvalue weighted by Gasteiger charge is 2.19. The zero-order chi connectivity index (χ0) is 14.0. The minimum atomic E-state index is -3.99. The van der Waals surface area contributed by atoms with Crippen molar-refractivity contribution in [2.45, 2.75) is 11.8 Å². The van der Waals surface area contributed by atoms with Crippen molar-refractivity contribution in [3.05, 3.63) is 58.9 Å². The Balaban J connectivity index is 2.43. The average molecular weight is 300 g/mol. The molecule has 0 saturated heterocycles. The van der Waals surface area contributed by atoms with Gasteiger partial charge >= 0.3 is 0 Å². The first-order valence-electron chi connectivity index (χ1n) is 5.44. The van der Waals surface area contributed by atoms with Crippen molar-refractivity contribution in [1.82, 2.24) is 0 Å². The third kappa shape index (κ3) is 2.88. The van der Waals surface area contributed by atoms with E-state index in [9.17, 15) is 12.8 Å². The maximum absolute atomic E-state index is 13.5. The second-order valence-electron chi connectivity index (χ2n) is 3.97. The van der Waals surface area contributed by atoms with Crippen molar-refractivity contribution in [3.8, 4) is 0 Å². The molecule has 2 aromatic rings. The van der Waals surface area contributed by atoms with Gasteiger partial charge in [0, 0.05) is 0 Å². The van der Waals surface area contributed by atoms with Crippen LogP contribution in [0.1, 0.15) is 5.56 Å². The van der Waals surface area contributed by atoms with Crippen LogP contribution < -0.4 is 4.72 Å². The molecule has 0 amide bonds. The molecule has 0 aliphatic carbocycles. The van der Waals surface area contributed by atoms with Crippen LogP contribution in [0.15, 0.2) is 47.4 Å². The number of rotatable bonds is 3. The monoisotopic (exact) mass is 299 g/mol. The Labute approximate surface area is 116 Å². The van der Waals surface area contributed by atoms with E-state index in [-0.39, 0.29) is 5.69 Å². The molecule has 0 heterocycles. The lowest BCUT2D eigenvalue weighted by Gasteiger charge is -2.11. The van der Waals surface area contributed by atoms with Crippen LogP contribution in [0, 0.1) is 12.7 Å². The molecule has 0 unspecified atom stereocenters. The molecule has 2 rings (SSSR count). The first-order chi connectivity index (χ1) is 8.92. The van der Waals surface area contributed by atoms with Crippen LogP contribution in [-0.2, 0) is 10.0 Å². The van der Waals surface area contributed by atoms with Gasteiger partial charge in [-0.15, -0.1) is 0 Å². The van der Waals surface area contributed by atoms with E-state index >= 15 is 0 Å². The van der Waals surface area contributed by atoms with E-state index in [2.05, 4.69) is 4.72 Å². The van der Waals surface area contributed by atoms with E-state index < -0.39 is 20.7 Å². The molecule has 0 bridgehead atoms. The van der Waals surface area contributed by atoms with Gasteiger partial charge < -0.3 is 0 Å². The van der Waals surface area contributed by atoms with Gasteiger partial charge in [0.1, 0.15) is 10.7 Å². The summed E-state index contributed by atoms with van der Waals surface area (Å²) in [5.74, 6) is -0.807. The molecule has 0 atom stereocenters. The summed E-state index contributed by atoms with van der Waals surface area (Å²) in [5.41, 5.74) is 0.959. The molecule has 1 N–H and O–H groups in total. The highest BCUT2D eigenvalue weighted by atomic mass is 35.5. The molecule has 0 fully saturated rings. The second-order valence-corrected chi connectivity index (χ2v) is 6.00. The SMILES string of the molecule is Cc1cccc(NS(=O)(=O)c2ccccc2F)c1Cl. The van der Waals surface area contributed by atoms with E-state index in [0.29, 0.717) is 5.02 Å². The van der Waals surface area contributed by atoms with Gasteiger partial charge in [0.15, 0.2) is 0 Å². The van der Waals surface area contributed by atoms with Gasteiger partial charge in [-0.25, -0.2) is 12.8 Å². The molecular formula is C13H11ClFNO2S. The molecular weight excluding hydrogens is 289 g/mol. The minimum Gasteiger partial charge on any atom is -0.278 e. The van der Waals surface area contributed by atoms with Gasteiger partial charge in [-0.1, -0.05) is 35.9 Å². The van der Waals surface area contributed by atoms with Crippen molar-refractivity contribution in [1.29, 1.82) is 0 Å². The summed E-state index contributed by atoms with van der Waals surface area (Å²) in [6.45, 7) is 1.75. The highest BCUT2D eigenvalue weighted by molar-refractivity contribution is 7.92. The van der Waals surface area contributed by atoms with Gasteiger partial charge in [0.2, 0.25) is 0 Å². The van der Waals surface area contributed by atoms with Gasteiger partial charge in [-0.3, -0.25) is 4.72 Å². The number of hydrogen-bond acceptors (Lipinski definition) is 2. The smallest absolute Gasteiger partial charge is 0.264 e. The highest BCUT2D eigenvalue weighted by Crippen LogP contribution is 2.27. The molecule has 0 radical (unpaired) electrons. The zero-order valence-corrected chi connectivity index (χ0v) is 11.6. The maximum Gasteiger partial charge on any atom is 0.264 e. The largest absolute Gasteiger partial charge is 0.278 e. The Morgan fingerprint density at radius 3 is 2.47 bits per heavy atom. The van der Waals surface area contributed by atoms with Gasteiger partial charge in [-0.05, 0) is 30.7 Å². The van der Waals surface area contributed by atoms with Gasteiger partial charge in [-0.2, -0.15) is 0 Å². The van der Waals surface area contributed by atoms with E-state index in [1.165, 1.54) is 24.3 Å². The van der Waals surface area contributed by atoms with E-state index in [4.69, 9.17) is 11.6 Å². The standard InChI is InChI=1S/C13H11ClFNO2S/c1-9-5-4-7-11(13(9)14)16-19(17,18)12-8-3-2-6-10(12)15/h2-8,16H,1H3. The number of anilines is 1. The van der Waals surface area contributed by atoms with Crippen LogP contribution in [0.25, 0.3) is 0 Å². The lowest BCUT2D eigenvalue weighted by Crippen LogP contribution is -2.14. The van der Waals surface area contributed by atoms with Crippen molar-refractivity contribution in [2.75, 3.05) is 4.72 Å². The fourth-order valence-corrected chi connectivity index (χ4v) is 2.97. The number of aryl methyl sites for hydroxylation is 1. The van der Waals surface area contributed by atoms with Crippen LogP contribution in [0.4, 0.5) is 10.1 Å². The lowest BCUT2D eigenvalue weighted by atomic mass is 10.2. The molecule has 0 aromatic heterocycles. The van der Waals surface area contributed by atoms with E-state index in [1.54, 1.807) is 19.1 Å². The number of halogens is 2. The fourth-order valence-electron chi connectivity index (χ4n) is 1.59. The summed E-state index contributed by atoms with van der Waals surface area (Å²) in [6.07, 6.45) is 0. The topological polar surface area (TPSA) is 46.2 Å². The Morgan fingerprint density at radius 2 is 1.79 bits per heavy atom.